The smallest absolute Gasteiger partial charge is 0.257 e. The van der Waals surface area contributed by atoms with Gasteiger partial charge in [0.1, 0.15) is 5.01 Å². The number of aromatic nitrogens is 1. The van der Waals surface area contributed by atoms with Gasteiger partial charge < -0.3 is 5.32 Å². The normalized spacial score (nSPS) is 10.6. The Labute approximate surface area is 172 Å². The van der Waals surface area contributed by atoms with Gasteiger partial charge in [-0.05, 0) is 73.2 Å². The van der Waals surface area contributed by atoms with Gasteiger partial charge in [-0.1, -0.05) is 24.3 Å². The van der Waals surface area contributed by atoms with Crippen molar-refractivity contribution in [1.29, 1.82) is 0 Å². The lowest BCUT2D eigenvalue weighted by Gasteiger charge is -2.10. The summed E-state index contributed by atoms with van der Waals surface area (Å²) >= 11 is 6.92. The van der Waals surface area contributed by atoms with Crippen molar-refractivity contribution >= 4 is 50.5 Å². The summed E-state index contributed by atoms with van der Waals surface area (Å²) in [4.78, 5) is 16.9. The number of nitrogens with one attached hydrogen (secondary N) is 2. The molecule has 1 aromatic heterocycles. The zero-order valence-corrected chi connectivity index (χ0v) is 16.7. The Hall–Kier alpha value is -3.09. The number of hydrogen-bond acceptors (Lipinski definition) is 4. The average molecular weight is 404 g/mol. The van der Waals surface area contributed by atoms with Gasteiger partial charge in [0.25, 0.3) is 5.91 Å². The summed E-state index contributed by atoms with van der Waals surface area (Å²) < 4.78 is 1.18. The van der Waals surface area contributed by atoms with E-state index in [4.69, 9.17) is 17.2 Å². The maximum Gasteiger partial charge on any atom is 0.257 e. The number of rotatable bonds is 3. The second kappa shape index (κ2) is 7.88. The van der Waals surface area contributed by atoms with Gasteiger partial charge in [0.15, 0.2) is 5.11 Å². The topological polar surface area (TPSA) is 54.0 Å². The summed E-state index contributed by atoms with van der Waals surface area (Å²) in [6.07, 6.45) is 0. The Morgan fingerprint density at radius 2 is 1.75 bits per heavy atom. The largest absolute Gasteiger partial charge is 0.332 e. The fourth-order valence-corrected chi connectivity index (χ4v) is 4.06. The second-order valence-corrected chi connectivity index (χ2v) is 7.78. The lowest BCUT2D eigenvalue weighted by Crippen LogP contribution is -2.34. The molecule has 0 atom stereocenters. The van der Waals surface area contributed by atoms with Crippen LogP contribution in [0.5, 0.6) is 0 Å². The number of nitrogens with zero attached hydrogens (tertiary/aromatic N) is 1. The van der Waals surface area contributed by atoms with Crippen LogP contribution in [0.15, 0.2) is 72.8 Å². The molecule has 4 nitrogen and oxygen atoms in total. The number of anilines is 1. The molecule has 6 heteroatoms. The predicted molar refractivity (Wildman–Crippen MR) is 120 cm³/mol. The maximum atomic E-state index is 12.1. The van der Waals surface area contributed by atoms with Gasteiger partial charge in [0.05, 0.1) is 10.2 Å². The fourth-order valence-electron chi connectivity index (χ4n) is 2.78. The van der Waals surface area contributed by atoms with Gasteiger partial charge in [-0.15, -0.1) is 11.3 Å². The number of carbonyl (C=O) groups is 1. The Morgan fingerprint density at radius 1 is 1.00 bits per heavy atom. The Bertz CT molecular complexity index is 1150. The van der Waals surface area contributed by atoms with E-state index in [0.717, 1.165) is 21.8 Å². The van der Waals surface area contributed by atoms with Crippen molar-refractivity contribution in [3.05, 3.63) is 83.9 Å². The number of hydrogen-bond donors (Lipinski definition) is 2. The van der Waals surface area contributed by atoms with E-state index in [1.165, 1.54) is 10.3 Å². The zero-order chi connectivity index (χ0) is 19.5. The minimum absolute atomic E-state index is 0.237. The number of thiazole rings is 1. The van der Waals surface area contributed by atoms with Crippen LogP contribution in [0.1, 0.15) is 15.9 Å². The zero-order valence-electron chi connectivity index (χ0n) is 15.1. The first-order chi connectivity index (χ1) is 13.6. The van der Waals surface area contributed by atoms with Gasteiger partial charge in [0, 0.05) is 16.8 Å². The maximum absolute atomic E-state index is 12.1. The molecule has 4 aromatic rings. The molecule has 138 valence electrons. The van der Waals surface area contributed by atoms with Gasteiger partial charge in [-0.3, -0.25) is 10.1 Å². The number of thiocarbonyl (C=S) groups is 1. The van der Waals surface area contributed by atoms with E-state index in [1.54, 1.807) is 23.5 Å². The summed E-state index contributed by atoms with van der Waals surface area (Å²) in [5, 5.41) is 6.96. The van der Waals surface area contributed by atoms with Gasteiger partial charge in [-0.2, -0.15) is 0 Å². The molecule has 4 rings (SSSR count). The molecule has 0 unspecified atom stereocenters. The SMILES string of the molecule is Cc1ccc2nc(-c3ccc(NC(=S)NC(=O)c4ccccc4)cc3)sc2c1. The van der Waals surface area contributed by atoms with Crippen LogP contribution in [0.2, 0.25) is 0 Å². The highest BCUT2D eigenvalue weighted by Crippen LogP contribution is 2.31. The van der Waals surface area contributed by atoms with Crippen LogP contribution in [0.25, 0.3) is 20.8 Å². The molecule has 2 N–H and O–H groups in total. The third kappa shape index (κ3) is 4.08. The first-order valence-electron chi connectivity index (χ1n) is 8.73. The number of benzene rings is 3. The van der Waals surface area contributed by atoms with Crippen molar-refractivity contribution in [3.8, 4) is 10.6 Å². The molecule has 0 aliphatic heterocycles. The highest BCUT2D eigenvalue weighted by molar-refractivity contribution is 7.80. The van der Waals surface area contributed by atoms with Crippen LogP contribution in [0, 0.1) is 6.92 Å². The fraction of sp³-hybridized carbons (Fsp3) is 0.0455. The molecule has 0 saturated carbocycles. The predicted octanol–water partition coefficient (Wildman–Crippen LogP) is 5.40. The quantitative estimate of drug-likeness (QED) is 0.450. The van der Waals surface area contributed by atoms with Crippen molar-refractivity contribution in [3.63, 3.8) is 0 Å². The average Bonchev–Trinajstić information content (AvgIpc) is 3.12. The minimum Gasteiger partial charge on any atom is -0.332 e. The molecule has 0 aliphatic rings. The first-order valence-corrected chi connectivity index (χ1v) is 9.96. The summed E-state index contributed by atoms with van der Waals surface area (Å²) in [6, 6.07) is 23.1. The third-order valence-electron chi connectivity index (χ3n) is 4.20. The van der Waals surface area contributed by atoms with Crippen molar-refractivity contribution < 1.29 is 4.79 Å². The summed E-state index contributed by atoms with van der Waals surface area (Å²) in [5.41, 5.74) is 4.65. The van der Waals surface area contributed by atoms with Gasteiger partial charge >= 0.3 is 0 Å². The van der Waals surface area contributed by atoms with Crippen LogP contribution in [0.3, 0.4) is 0 Å². The van der Waals surface area contributed by atoms with E-state index < -0.39 is 0 Å². The van der Waals surface area contributed by atoms with Crippen LogP contribution < -0.4 is 10.6 Å². The lowest BCUT2D eigenvalue weighted by molar-refractivity contribution is 0.0977. The Morgan fingerprint density at radius 3 is 2.50 bits per heavy atom. The van der Waals surface area contributed by atoms with Gasteiger partial charge in [0.2, 0.25) is 0 Å². The van der Waals surface area contributed by atoms with Crippen LogP contribution in [0.4, 0.5) is 5.69 Å². The number of fused-ring (bicyclic) bond motifs is 1. The van der Waals surface area contributed by atoms with Crippen LogP contribution >= 0.6 is 23.6 Å². The molecule has 0 spiro atoms. The van der Waals surface area contributed by atoms with E-state index in [0.29, 0.717) is 5.56 Å². The van der Waals surface area contributed by atoms with E-state index >= 15 is 0 Å². The molecular weight excluding hydrogens is 386 g/mol. The molecule has 3 aromatic carbocycles. The molecular formula is C22H17N3OS2. The van der Waals surface area contributed by atoms with Gasteiger partial charge in [-0.25, -0.2) is 4.98 Å². The Kier molecular flexibility index (Phi) is 5.14. The highest BCUT2D eigenvalue weighted by Gasteiger charge is 2.09. The van der Waals surface area contributed by atoms with E-state index in [1.807, 2.05) is 42.5 Å². The number of aryl methyl sites for hydroxylation is 1. The van der Waals surface area contributed by atoms with E-state index in [-0.39, 0.29) is 11.0 Å². The molecule has 1 heterocycles. The van der Waals surface area contributed by atoms with Crippen molar-refractivity contribution in [2.45, 2.75) is 6.92 Å². The molecule has 28 heavy (non-hydrogen) atoms. The van der Waals surface area contributed by atoms with Crippen molar-refractivity contribution in [2.75, 3.05) is 5.32 Å². The molecule has 1 amide bonds. The molecule has 0 saturated heterocycles. The second-order valence-electron chi connectivity index (χ2n) is 6.34. The highest BCUT2D eigenvalue weighted by atomic mass is 32.1. The van der Waals surface area contributed by atoms with Crippen LogP contribution in [-0.4, -0.2) is 16.0 Å². The van der Waals surface area contributed by atoms with E-state index in [9.17, 15) is 4.79 Å². The summed E-state index contributed by atoms with van der Waals surface area (Å²) in [6.45, 7) is 2.08. The molecule has 0 fully saturated rings. The monoisotopic (exact) mass is 403 g/mol. The number of amides is 1. The summed E-state index contributed by atoms with van der Waals surface area (Å²) in [7, 11) is 0. The number of carbonyl (C=O) groups excluding carboxylic acids is 1. The van der Waals surface area contributed by atoms with Crippen molar-refractivity contribution in [2.24, 2.45) is 0 Å². The summed E-state index contributed by atoms with van der Waals surface area (Å²) in [5.74, 6) is -0.237. The lowest BCUT2D eigenvalue weighted by atomic mass is 10.2. The molecule has 0 bridgehead atoms. The third-order valence-corrected chi connectivity index (χ3v) is 5.47. The van der Waals surface area contributed by atoms with Crippen LogP contribution in [-0.2, 0) is 0 Å². The molecule has 0 radical (unpaired) electrons. The van der Waals surface area contributed by atoms with E-state index in [2.05, 4.69) is 35.8 Å². The standard InChI is InChI=1S/C22H17N3OS2/c1-14-7-12-18-19(13-14)28-21(24-18)16-8-10-17(11-9-16)23-22(27)25-20(26)15-5-3-2-4-6-15/h2-13H,1H3,(H2,23,25,26,27). The molecule has 0 aliphatic carbocycles. The first kappa shape index (κ1) is 18.3. The Balaban J connectivity index is 1.44. The minimum atomic E-state index is -0.237. The van der Waals surface area contributed by atoms with Crippen molar-refractivity contribution in [1.82, 2.24) is 10.3 Å².